The van der Waals surface area contributed by atoms with Crippen LogP contribution in [0.4, 0.5) is 0 Å². The van der Waals surface area contributed by atoms with Gasteiger partial charge in [-0.05, 0) is 82.9 Å². The van der Waals surface area contributed by atoms with Gasteiger partial charge in [0.05, 0.1) is 5.01 Å². The molecule has 1 aromatic carbocycles. The standard InChI is InChI=1S/C26H36N4O3S/c1-18-5-6-22(15-19(18)2)33-16-24(31)30-13-7-20(8-14-30)25-27-23(17-34-25)26(32)29(4)21-9-11-28(3)12-10-21/h5-6,15,17,20-21H,7-14,16H2,1-4H3. The Morgan fingerprint density at radius 3 is 2.47 bits per heavy atom. The monoisotopic (exact) mass is 484 g/mol. The summed E-state index contributed by atoms with van der Waals surface area (Å²) in [7, 11) is 4.03. The molecule has 1 aromatic heterocycles. The lowest BCUT2D eigenvalue weighted by atomic mass is 9.97. The fourth-order valence-electron chi connectivity index (χ4n) is 4.72. The minimum Gasteiger partial charge on any atom is -0.484 e. The zero-order valence-corrected chi connectivity index (χ0v) is 21.6. The van der Waals surface area contributed by atoms with E-state index in [1.807, 2.05) is 47.4 Å². The summed E-state index contributed by atoms with van der Waals surface area (Å²) in [6, 6.07) is 6.18. The summed E-state index contributed by atoms with van der Waals surface area (Å²) in [6.45, 7) is 7.60. The lowest BCUT2D eigenvalue weighted by molar-refractivity contribution is -0.134. The first kappa shape index (κ1) is 24.7. The maximum atomic E-state index is 13.0. The first-order chi connectivity index (χ1) is 16.3. The summed E-state index contributed by atoms with van der Waals surface area (Å²) in [6.07, 6.45) is 3.74. The number of amides is 2. The molecule has 0 radical (unpaired) electrons. The van der Waals surface area contributed by atoms with Gasteiger partial charge in [0.25, 0.3) is 11.8 Å². The number of likely N-dealkylation sites (tertiary alicyclic amines) is 2. The highest BCUT2D eigenvalue weighted by atomic mass is 32.1. The van der Waals surface area contributed by atoms with E-state index >= 15 is 0 Å². The van der Waals surface area contributed by atoms with Crippen molar-refractivity contribution >= 4 is 23.2 Å². The number of nitrogens with zero attached hydrogens (tertiary/aromatic N) is 4. The number of rotatable bonds is 6. The molecule has 3 heterocycles. The molecule has 2 aliphatic rings. The number of carbonyl (C=O) groups is 2. The Morgan fingerprint density at radius 2 is 1.79 bits per heavy atom. The molecule has 0 unspecified atom stereocenters. The van der Waals surface area contributed by atoms with Crippen LogP contribution in [-0.2, 0) is 4.79 Å². The highest BCUT2D eigenvalue weighted by Gasteiger charge is 2.29. The summed E-state index contributed by atoms with van der Waals surface area (Å²) in [5.74, 6) is 1.07. The predicted molar refractivity (Wildman–Crippen MR) is 135 cm³/mol. The van der Waals surface area contributed by atoms with Crippen molar-refractivity contribution in [3.05, 3.63) is 45.4 Å². The number of hydrogen-bond donors (Lipinski definition) is 0. The molecule has 2 fully saturated rings. The third-order valence-electron chi connectivity index (χ3n) is 7.33. The van der Waals surface area contributed by atoms with E-state index in [9.17, 15) is 9.59 Å². The Labute approximate surface area is 206 Å². The molecule has 0 N–H and O–H groups in total. The van der Waals surface area contributed by atoms with Gasteiger partial charge in [0.1, 0.15) is 11.4 Å². The summed E-state index contributed by atoms with van der Waals surface area (Å²) < 4.78 is 5.73. The van der Waals surface area contributed by atoms with Crippen molar-refractivity contribution in [2.45, 2.75) is 51.5 Å². The van der Waals surface area contributed by atoms with Crippen LogP contribution in [0.15, 0.2) is 23.6 Å². The number of piperidine rings is 2. The van der Waals surface area contributed by atoms with Gasteiger partial charge in [0.2, 0.25) is 0 Å². The lowest BCUT2D eigenvalue weighted by Crippen LogP contribution is -2.44. The zero-order chi connectivity index (χ0) is 24.2. The average Bonchev–Trinajstić information content (AvgIpc) is 3.34. The van der Waals surface area contributed by atoms with Gasteiger partial charge < -0.3 is 19.4 Å². The van der Waals surface area contributed by atoms with Crippen LogP contribution < -0.4 is 4.74 Å². The Bertz CT molecular complexity index is 1010. The van der Waals surface area contributed by atoms with Crippen LogP contribution in [0.5, 0.6) is 5.75 Å². The zero-order valence-electron chi connectivity index (χ0n) is 20.7. The van der Waals surface area contributed by atoms with Gasteiger partial charge >= 0.3 is 0 Å². The van der Waals surface area contributed by atoms with Crippen LogP contribution >= 0.6 is 11.3 Å². The second kappa shape index (κ2) is 10.9. The van der Waals surface area contributed by atoms with E-state index in [1.54, 1.807) is 11.3 Å². The normalized spacial score (nSPS) is 18.2. The van der Waals surface area contributed by atoms with Gasteiger partial charge in [-0.1, -0.05) is 6.07 Å². The maximum Gasteiger partial charge on any atom is 0.273 e. The number of benzene rings is 1. The molecule has 8 heteroatoms. The first-order valence-electron chi connectivity index (χ1n) is 12.2. The van der Waals surface area contributed by atoms with E-state index in [0.717, 1.165) is 55.1 Å². The second-order valence-corrected chi connectivity index (χ2v) is 10.6. The summed E-state index contributed by atoms with van der Waals surface area (Å²) >= 11 is 1.57. The Morgan fingerprint density at radius 1 is 1.09 bits per heavy atom. The number of aryl methyl sites for hydroxylation is 2. The highest BCUT2D eigenvalue weighted by molar-refractivity contribution is 7.09. The van der Waals surface area contributed by atoms with Crippen molar-refractivity contribution in [2.24, 2.45) is 0 Å². The molecule has 0 aliphatic carbocycles. The highest BCUT2D eigenvalue weighted by Crippen LogP contribution is 2.31. The summed E-state index contributed by atoms with van der Waals surface area (Å²) in [4.78, 5) is 36.4. The van der Waals surface area contributed by atoms with Gasteiger partial charge in [-0.3, -0.25) is 9.59 Å². The van der Waals surface area contributed by atoms with Crippen LogP contribution in [0.1, 0.15) is 58.2 Å². The molecule has 7 nitrogen and oxygen atoms in total. The van der Waals surface area contributed by atoms with Crippen LogP contribution in [0.3, 0.4) is 0 Å². The quantitative estimate of drug-likeness (QED) is 0.625. The number of aromatic nitrogens is 1. The largest absolute Gasteiger partial charge is 0.484 e. The van der Waals surface area contributed by atoms with E-state index in [0.29, 0.717) is 24.7 Å². The van der Waals surface area contributed by atoms with Crippen LogP contribution in [0, 0.1) is 13.8 Å². The predicted octanol–water partition coefficient (Wildman–Crippen LogP) is 3.71. The number of thiazole rings is 1. The molecule has 2 amide bonds. The number of hydrogen-bond acceptors (Lipinski definition) is 6. The van der Waals surface area contributed by atoms with E-state index in [4.69, 9.17) is 9.72 Å². The fourth-order valence-corrected chi connectivity index (χ4v) is 5.68. The number of carbonyl (C=O) groups excluding carboxylic acids is 2. The molecular formula is C26H36N4O3S. The van der Waals surface area contributed by atoms with Gasteiger partial charge in [-0.2, -0.15) is 0 Å². The molecule has 34 heavy (non-hydrogen) atoms. The molecular weight excluding hydrogens is 448 g/mol. The van der Waals surface area contributed by atoms with Crippen molar-refractivity contribution in [2.75, 3.05) is 46.9 Å². The smallest absolute Gasteiger partial charge is 0.273 e. The molecule has 0 atom stereocenters. The summed E-state index contributed by atoms with van der Waals surface area (Å²) in [5.41, 5.74) is 2.92. The molecule has 0 saturated carbocycles. The van der Waals surface area contributed by atoms with Gasteiger partial charge in [0, 0.05) is 37.5 Å². The van der Waals surface area contributed by atoms with Crippen LogP contribution in [0.25, 0.3) is 0 Å². The third kappa shape index (κ3) is 5.78. The van der Waals surface area contributed by atoms with Crippen LogP contribution in [0.2, 0.25) is 0 Å². The molecule has 184 valence electrons. The third-order valence-corrected chi connectivity index (χ3v) is 8.34. The molecule has 2 saturated heterocycles. The number of ether oxygens (including phenoxy) is 1. The van der Waals surface area contributed by atoms with E-state index < -0.39 is 0 Å². The average molecular weight is 485 g/mol. The second-order valence-electron chi connectivity index (χ2n) is 9.71. The van der Waals surface area contributed by atoms with Crippen molar-refractivity contribution in [1.29, 1.82) is 0 Å². The van der Waals surface area contributed by atoms with Gasteiger partial charge in [-0.15, -0.1) is 11.3 Å². The van der Waals surface area contributed by atoms with Gasteiger partial charge in [-0.25, -0.2) is 4.98 Å². The Balaban J connectivity index is 1.26. The van der Waals surface area contributed by atoms with Crippen molar-refractivity contribution in [1.82, 2.24) is 19.7 Å². The van der Waals surface area contributed by atoms with E-state index in [-0.39, 0.29) is 24.5 Å². The van der Waals surface area contributed by atoms with Gasteiger partial charge in [0.15, 0.2) is 6.61 Å². The lowest BCUT2D eigenvalue weighted by Gasteiger charge is -2.34. The van der Waals surface area contributed by atoms with E-state index in [2.05, 4.69) is 18.9 Å². The van der Waals surface area contributed by atoms with Crippen molar-refractivity contribution in [3.8, 4) is 5.75 Å². The van der Waals surface area contributed by atoms with Crippen LogP contribution in [-0.4, -0.2) is 84.4 Å². The maximum absolute atomic E-state index is 13.0. The minimum absolute atomic E-state index is 0.0198. The topological polar surface area (TPSA) is 66.0 Å². The molecule has 2 aromatic rings. The SMILES string of the molecule is Cc1ccc(OCC(=O)N2CCC(c3nc(C(=O)N(C)C4CCN(C)CC4)cs3)CC2)cc1C. The fraction of sp³-hybridized carbons (Fsp3) is 0.577. The first-order valence-corrected chi connectivity index (χ1v) is 13.1. The summed E-state index contributed by atoms with van der Waals surface area (Å²) in [5, 5.41) is 2.91. The van der Waals surface area contributed by atoms with Crippen molar-refractivity contribution in [3.63, 3.8) is 0 Å². The molecule has 0 bridgehead atoms. The van der Waals surface area contributed by atoms with E-state index in [1.165, 1.54) is 5.56 Å². The Hall–Kier alpha value is -2.45. The Kier molecular flexibility index (Phi) is 7.88. The molecule has 4 rings (SSSR count). The van der Waals surface area contributed by atoms with Crippen molar-refractivity contribution < 1.29 is 14.3 Å². The molecule has 2 aliphatic heterocycles. The minimum atomic E-state index is 0.0198. The molecule has 0 spiro atoms.